The standard InChI is InChI=1S/C20H22N2OS3/c1-4-25-16-7-5-6-15(13-16)19(23)21-20-22(10-11-24-3)17-9-8-14(2)12-18(17)26-20/h5-9,12-13H,4,10-11H2,1-3H3. The zero-order valence-electron chi connectivity index (χ0n) is 15.2. The second kappa shape index (κ2) is 8.93. The molecule has 0 saturated heterocycles. The van der Waals surface area contributed by atoms with Crippen molar-refractivity contribution in [1.29, 1.82) is 0 Å². The molecule has 1 aromatic heterocycles. The maximum absolute atomic E-state index is 12.8. The summed E-state index contributed by atoms with van der Waals surface area (Å²) in [6.45, 7) is 5.05. The Hall–Kier alpha value is -1.50. The number of rotatable bonds is 6. The van der Waals surface area contributed by atoms with Crippen LogP contribution in [0.4, 0.5) is 0 Å². The van der Waals surface area contributed by atoms with Gasteiger partial charge in [-0.1, -0.05) is 30.4 Å². The molecule has 0 N–H and O–H groups in total. The maximum atomic E-state index is 12.8. The van der Waals surface area contributed by atoms with Crippen LogP contribution in [0.1, 0.15) is 22.8 Å². The van der Waals surface area contributed by atoms with Crippen LogP contribution in [0, 0.1) is 6.92 Å². The van der Waals surface area contributed by atoms with E-state index < -0.39 is 0 Å². The number of aromatic nitrogens is 1. The van der Waals surface area contributed by atoms with Crippen LogP contribution < -0.4 is 4.80 Å². The van der Waals surface area contributed by atoms with Gasteiger partial charge in [-0.25, -0.2) is 0 Å². The highest BCUT2D eigenvalue weighted by Crippen LogP contribution is 2.21. The number of thiazole rings is 1. The molecule has 3 nitrogen and oxygen atoms in total. The highest BCUT2D eigenvalue weighted by Gasteiger charge is 2.10. The molecule has 136 valence electrons. The smallest absolute Gasteiger partial charge is 0.279 e. The number of aryl methyl sites for hydroxylation is 2. The first-order valence-corrected chi connectivity index (χ1v) is 11.7. The molecular formula is C20H22N2OS3. The molecular weight excluding hydrogens is 380 g/mol. The van der Waals surface area contributed by atoms with E-state index in [1.807, 2.05) is 24.3 Å². The Kier molecular flexibility index (Phi) is 6.62. The van der Waals surface area contributed by atoms with E-state index in [2.05, 4.69) is 47.9 Å². The summed E-state index contributed by atoms with van der Waals surface area (Å²) in [6, 6.07) is 14.1. The maximum Gasteiger partial charge on any atom is 0.279 e. The van der Waals surface area contributed by atoms with E-state index >= 15 is 0 Å². The fourth-order valence-corrected chi connectivity index (χ4v) is 4.94. The molecule has 0 fully saturated rings. The second-order valence-corrected chi connectivity index (χ2v) is 9.21. The van der Waals surface area contributed by atoms with Gasteiger partial charge in [0.1, 0.15) is 0 Å². The number of fused-ring (bicyclic) bond motifs is 1. The normalized spacial score (nSPS) is 12.0. The van der Waals surface area contributed by atoms with E-state index in [1.54, 1.807) is 34.9 Å². The zero-order valence-corrected chi connectivity index (χ0v) is 17.6. The average Bonchev–Trinajstić information content (AvgIpc) is 2.96. The Labute approximate surface area is 166 Å². The van der Waals surface area contributed by atoms with E-state index in [4.69, 9.17) is 0 Å². The van der Waals surface area contributed by atoms with E-state index in [-0.39, 0.29) is 5.91 Å². The molecule has 1 heterocycles. The van der Waals surface area contributed by atoms with E-state index in [9.17, 15) is 4.79 Å². The molecule has 0 aliphatic carbocycles. The molecule has 3 aromatic rings. The number of carbonyl (C=O) groups excluding carboxylic acids is 1. The minimum atomic E-state index is -0.176. The van der Waals surface area contributed by atoms with Crippen molar-refractivity contribution in [2.24, 2.45) is 4.99 Å². The quantitative estimate of drug-likeness (QED) is 0.530. The van der Waals surface area contributed by atoms with Crippen molar-refractivity contribution < 1.29 is 4.79 Å². The minimum Gasteiger partial charge on any atom is -0.316 e. The van der Waals surface area contributed by atoms with Crippen molar-refractivity contribution in [2.45, 2.75) is 25.3 Å². The number of benzene rings is 2. The van der Waals surface area contributed by atoms with Crippen molar-refractivity contribution in [2.75, 3.05) is 17.8 Å². The third-order valence-electron chi connectivity index (χ3n) is 3.95. The Balaban J connectivity index is 2.05. The fourth-order valence-electron chi connectivity index (χ4n) is 2.70. The van der Waals surface area contributed by atoms with Crippen LogP contribution in [-0.2, 0) is 6.54 Å². The lowest BCUT2D eigenvalue weighted by molar-refractivity contribution is 0.0997. The van der Waals surface area contributed by atoms with Crippen LogP contribution in [0.5, 0.6) is 0 Å². The highest BCUT2D eigenvalue weighted by molar-refractivity contribution is 7.99. The molecule has 1 amide bonds. The van der Waals surface area contributed by atoms with Gasteiger partial charge in [-0.2, -0.15) is 16.8 Å². The van der Waals surface area contributed by atoms with Crippen molar-refractivity contribution in [3.05, 3.63) is 58.4 Å². The Morgan fingerprint density at radius 1 is 1.23 bits per heavy atom. The molecule has 2 aromatic carbocycles. The van der Waals surface area contributed by atoms with Gasteiger partial charge in [0.2, 0.25) is 0 Å². The highest BCUT2D eigenvalue weighted by atomic mass is 32.2. The van der Waals surface area contributed by atoms with Crippen LogP contribution in [0.2, 0.25) is 0 Å². The summed E-state index contributed by atoms with van der Waals surface area (Å²) >= 11 is 5.12. The Morgan fingerprint density at radius 2 is 2.08 bits per heavy atom. The van der Waals surface area contributed by atoms with Gasteiger partial charge in [0.05, 0.1) is 10.2 Å². The summed E-state index contributed by atoms with van der Waals surface area (Å²) in [5, 5.41) is 0. The number of hydrogen-bond donors (Lipinski definition) is 0. The van der Waals surface area contributed by atoms with E-state index in [0.29, 0.717) is 5.56 Å². The Morgan fingerprint density at radius 3 is 2.85 bits per heavy atom. The van der Waals surface area contributed by atoms with E-state index in [1.165, 1.54) is 10.3 Å². The monoisotopic (exact) mass is 402 g/mol. The number of nitrogens with zero attached hydrogens (tertiary/aromatic N) is 2. The number of carbonyl (C=O) groups is 1. The summed E-state index contributed by atoms with van der Waals surface area (Å²) in [5.41, 5.74) is 3.02. The summed E-state index contributed by atoms with van der Waals surface area (Å²) in [7, 11) is 0. The zero-order chi connectivity index (χ0) is 18.5. The van der Waals surface area contributed by atoms with Gasteiger partial charge in [-0.05, 0) is 54.8 Å². The summed E-state index contributed by atoms with van der Waals surface area (Å²) < 4.78 is 3.34. The molecule has 0 bridgehead atoms. The molecule has 0 aliphatic heterocycles. The van der Waals surface area contributed by atoms with Crippen molar-refractivity contribution >= 4 is 51.0 Å². The van der Waals surface area contributed by atoms with Gasteiger partial charge in [0.15, 0.2) is 4.80 Å². The van der Waals surface area contributed by atoms with Crippen LogP contribution >= 0.6 is 34.9 Å². The fraction of sp³-hybridized carbons (Fsp3) is 0.300. The summed E-state index contributed by atoms with van der Waals surface area (Å²) in [6.07, 6.45) is 2.10. The first kappa shape index (κ1) is 19.3. The molecule has 0 atom stereocenters. The number of hydrogen-bond acceptors (Lipinski definition) is 4. The van der Waals surface area contributed by atoms with Crippen LogP contribution in [0.3, 0.4) is 0 Å². The summed E-state index contributed by atoms with van der Waals surface area (Å²) in [4.78, 5) is 19.1. The third-order valence-corrected chi connectivity index (χ3v) is 6.45. The van der Waals surface area contributed by atoms with Crippen molar-refractivity contribution in [3.8, 4) is 0 Å². The predicted molar refractivity (Wildman–Crippen MR) is 116 cm³/mol. The largest absolute Gasteiger partial charge is 0.316 e. The topological polar surface area (TPSA) is 34.4 Å². The van der Waals surface area contributed by atoms with Crippen LogP contribution in [0.15, 0.2) is 52.4 Å². The van der Waals surface area contributed by atoms with E-state index in [0.717, 1.165) is 33.3 Å². The van der Waals surface area contributed by atoms with Crippen LogP contribution in [-0.4, -0.2) is 28.2 Å². The van der Waals surface area contributed by atoms with Gasteiger partial charge in [-0.15, -0.1) is 11.8 Å². The first-order valence-electron chi connectivity index (χ1n) is 8.53. The molecule has 0 aliphatic rings. The number of thioether (sulfide) groups is 2. The van der Waals surface area contributed by atoms with Crippen molar-refractivity contribution in [1.82, 2.24) is 4.57 Å². The van der Waals surface area contributed by atoms with Gasteiger partial charge >= 0.3 is 0 Å². The van der Waals surface area contributed by atoms with Gasteiger partial charge in [0, 0.05) is 22.8 Å². The lowest BCUT2D eigenvalue weighted by Gasteiger charge is -2.04. The molecule has 0 saturated carbocycles. The summed E-state index contributed by atoms with van der Waals surface area (Å²) in [5.74, 6) is 1.80. The van der Waals surface area contributed by atoms with Gasteiger partial charge in [-0.3, -0.25) is 4.79 Å². The molecule has 0 spiro atoms. The number of amides is 1. The molecule has 6 heteroatoms. The van der Waals surface area contributed by atoms with Gasteiger partial charge < -0.3 is 4.57 Å². The molecule has 0 radical (unpaired) electrons. The predicted octanol–water partition coefficient (Wildman–Crippen LogP) is 5.23. The van der Waals surface area contributed by atoms with Crippen molar-refractivity contribution in [3.63, 3.8) is 0 Å². The molecule has 0 unspecified atom stereocenters. The SMILES string of the molecule is CCSc1cccc(C(=O)N=c2sc3cc(C)ccc3n2CCSC)c1. The Bertz CT molecular complexity index is 988. The lowest BCUT2D eigenvalue weighted by atomic mass is 10.2. The first-order chi connectivity index (χ1) is 12.6. The average molecular weight is 403 g/mol. The lowest BCUT2D eigenvalue weighted by Crippen LogP contribution is -2.18. The molecule has 26 heavy (non-hydrogen) atoms. The molecule has 3 rings (SSSR count). The second-order valence-electron chi connectivity index (χ2n) is 5.88. The minimum absolute atomic E-state index is 0.176. The van der Waals surface area contributed by atoms with Gasteiger partial charge in [0.25, 0.3) is 5.91 Å². The van der Waals surface area contributed by atoms with Crippen LogP contribution in [0.25, 0.3) is 10.2 Å². The third kappa shape index (κ3) is 4.42.